The van der Waals surface area contributed by atoms with E-state index in [1.165, 1.54) is 6.33 Å². The number of halogens is 2. The Hall–Kier alpha value is -5.96. The largest absolute Gasteiger partial charge is 0.388 e. The van der Waals surface area contributed by atoms with E-state index in [-0.39, 0.29) is 24.5 Å². The van der Waals surface area contributed by atoms with Crippen molar-refractivity contribution in [3.8, 4) is 0 Å². The van der Waals surface area contributed by atoms with E-state index in [1.807, 2.05) is 74.1 Å². The van der Waals surface area contributed by atoms with Crippen LogP contribution >= 0.6 is 23.2 Å². The van der Waals surface area contributed by atoms with Crippen molar-refractivity contribution >= 4 is 90.3 Å². The standard InChI is InChI=1S/C25H27ClN6O3.C22H23ClN6O3/c1-25(2)34-19-18(7-5-13-4-6-14-11-16(26)21(27)31-17(14)10-13)33-24(20(19)35-25)32-9-8-15-22(28-3)29-12-30-23(15)32;1-25-20-13-6-7-29(21(13)27-10-26-20)22-18(31)17(30)16(32-22)5-3-11-2-4-12-9-14(23)19(24)28-15(12)8-11/h4,6,8-12,18-20,24H,5,7H2,1-3H3,(H2,27,31)(H,28,29,30);2,4,6-10,16-18,22,30-31H,3,5H2,1H3,(H2,24,28)(H,25,26,27)/t18-,19-,20-,24-;16-,17-,18-,22-/m11/s1. The normalized spacial score (nSPS) is 24.4. The summed E-state index contributed by atoms with van der Waals surface area (Å²) in [7, 11) is 3.63. The number of rotatable bonds is 10. The summed E-state index contributed by atoms with van der Waals surface area (Å²) in [6.45, 7) is 3.89. The molecular weight excluding hydrogens is 900 g/mol. The van der Waals surface area contributed by atoms with Gasteiger partial charge in [-0.3, -0.25) is 0 Å². The smallest absolute Gasteiger partial charge is 0.164 e. The Morgan fingerprint density at radius 1 is 0.642 bits per heavy atom. The van der Waals surface area contributed by atoms with Crippen LogP contribution in [-0.2, 0) is 31.8 Å². The third-order valence-electron chi connectivity index (χ3n) is 12.7. The minimum atomic E-state index is -1.08. The SMILES string of the molecule is CNc1ncnc2c1ccn2[C@@H]1O[C@H](CCc2ccc3cc(Cl)c(N)nc3c2)[C@@H](O)[C@H]1O.CNc1ncnc2c1ccn2[C@@H]1O[C@H](CCc2ccc3cc(Cl)c(N)nc3c2)[C@H]2OC(C)(C)O[C@H]21. The zero-order chi connectivity index (χ0) is 46.7. The number of benzene rings is 2. The number of nitrogen functional groups attached to an aromatic ring is 2. The molecule has 0 bridgehead atoms. The summed E-state index contributed by atoms with van der Waals surface area (Å²) in [6, 6.07) is 19.5. The Balaban J connectivity index is 0.000000157. The molecule has 9 heterocycles. The summed E-state index contributed by atoms with van der Waals surface area (Å²) in [5.41, 5.74) is 16.9. The highest BCUT2D eigenvalue weighted by molar-refractivity contribution is 6.33. The first-order valence-corrected chi connectivity index (χ1v) is 22.8. The maximum absolute atomic E-state index is 10.7. The molecule has 2 aromatic carbocycles. The maximum Gasteiger partial charge on any atom is 0.164 e. The minimum Gasteiger partial charge on any atom is -0.388 e. The van der Waals surface area contributed by atoms with Crippen LogP contribution < -0.4 is 22.1 Å². The number of ether oxygens (including phenoxy) is 4. The van der Waals surface area contributed by atoms with Crippen molar-refractivity contribution in [2.24, 2.45) is 0 Å². The molecule has 0 saturated carbocycles. The molecule has 8 atom stereocenters. The van der Waals surface area contributed by atoms with Gasteiger partial charge < -0.3 is 60.4 Å². The summed E-state index contributed by atoms with van der Waals surface area (Å²) in [5.74, 6) is 1.40. The molecule has 0 spiro atoms. The highest BCUT2D eigenvalue weighted by Crippen LogP contribution is 2.45. The number of hydrogen-bond donors (Lipinski definition) is 6. The van der Waals surface area contributed by atoms with Crippen LogP contribution in [0, 0.1) is 0 Å². The second-order valence-corrected chi connectivity index (χ2v) is 18.2. The molecule has 0 aliphatic carbocycles. The number of aromatic nitrogens is 8. The number of nitrogens with one attached hydrogen (secondary N) is 2. The van der Waals surface area contributed by atoms with Crippen molar-refractivity contribution in [1.29, 1.82) is 0 Å². The first kappa shape index (κ1) is 44.9. The quantitative estimate of drug-likeness (QED) is 0.0825. The lowest BCUT2D eigenvalue weighted by molar-refractivity contribution is -0.196. The van der Waals surface area contributed by atoms with E-state index in [0.29, 0.717) is 46.0 Å². The maximum atomic E-state index is 10.7. The molecule has 18 nitrogen and oxygen atoms in total. The van der Waals surface area contributed by atoms with Gasteiger partial charge in [0.15, 0.2) is 18.2 Å². The van der Waals surface area contributed by atoms with Gasteiger partial charge in [-0.15, -0.1) is 0 Å². The molecule has 3 aliphatic heterocycles. The Bertz CT molecular complexity index is 3130. The molecule has 0 amide bonds. The van der Waals surface area contributed by atoms with Gasteiger partial charge in [0.1, 0.15) is 71.6 Å². The van der Waals surface area contributed by atoms with Gasteiger partial charge in [-0.1, -0.05) is 47.5 Å². The molecule has 0 unspecified atom stereocenters. The second-order valence-electron chi connectivity index (χ2n) is 17.4. The average Bonchev–Trinajstić information content (AvgIpc) is 4.14. The molecule has 20 heteroatoms. The predicted octanol–water partition coefficient (Wildman–Crippen LogP) is 6.82. The number of nitrogens with two attached hydrogens (primary N) is 2. The van der Waals surface area contributed by atoms with Gasteiger partial charge in [-0.2, -0.15) is 0 Å². The first-order valence-electron chi connectivity index (χ1n) is 22.0. The number of aliphatic hydroxyl groups excluding tert-OH is 2. The van der Waals surface area contributed by atoms with Gasteiger partial charge in [0.05, 0.1) is 44.1 Å². The molecule has 3 aliphatic rings. The molecule has 348 valence electrons. The van der Waals surface area contributed by atoms with Gasteiger partial charge in [0, 0.05) is 37.3 Å². The van der Waals surface area contributed by atoms with Crippen LogP contribution in [0.5, 0.6) is 0 Å². The molecule has 8 N–H and O–H groups in total. The number of anilines is 4. The monoisotopic (exact) mass is 948 g/mol. The Labute approximate surface area is 394 Å². The van der Waals surface area contributed by atoms with Gasteiger partial charge in [-0.25, -0.2) is 29.9 Å². The fraction of sp³-hybridized carbons (Fsp3) is 0.362. The van der Waals surface area contributed by atoms with Gasteiger partial charge in [-0.05, 0) is 87.1 Å². The van der Waals surface area contributed by atoms with Crippen LogP contribution in [0.2, 0.25) is 10.0 Å². The van der Waals surface area contributed by atoms with E-state index in [2.05, 4.69) is 52.7 Å². The number of fused-ring (bicyclic) bond motifs is 5. The molecule has 3 fully saturated rings. The molecule has 0 radical (unpaired) electrons. The predicted molar refractivity (Wildman–Crippen MR) is 257 cm³/mol. The lowest BCUT2D eigenvalue weighted by atomic mass is 10.0. The molecular formula is C47H50Cl2N12O6. The van der Waals surface area contributed by atoms with Crippen LogP contribution in [0.25, 0.3) is 43.9 Å². The van der Waals surface area contributed by atoms with Crippen molar-refractivity contribution in [2.45, 2.75) is 94.4 Å². The van der Waals surface area contributed by atoms with Crippen molar-refractivity contribution in [3.05, 3.63) is 107 Å². The lowest BCUT2D eigenvalue weighted by Crippen LogP contribution is -2.31. The highest BCUT2D eigenvalue weighted by atomic mass is 35.5. The van der Waals surface area contributed by atoms with Gasteiger partial charge >= 0.3 is 0 Å². The summed E-state index contributed by atoms with van der Waals surface area (Å²) in [6.07, 6.45) is 5.18. The summed E-state index contributed by atoms with van der Waals surface area (Å²) < 4.78 is 29.0. The van der Waals surface area contributed by atoms with Crippen LogP contribution in [0.1, 0.15) is 50.3 Å². The van der Waals surface area contributed by atoms with Crippen molar-refractivity contribution in [2.75, 3.05) is 36.2 Å². The molecule has 6 aromatic heterocycles. The van der Waals surface area contributed by atoms with Crippen LogP contribution in [0.4, 0.5) is 23.3 Å². The number of aryl methyl sites for hydroxylation is 2. The number of hydrogen-bond acceptors (Lipinski definition) is 16. The number of aliphatic hydroxyl groups is 2. The van der Waals surface area contributed by atoms with E-state index < -0.39 is 30.3 Å². The number of pyridine rings is 2. The second kappa shape index (κ2) is 17.9. The Kier molecular flexibility index (Phi) is 12.0. The average molecular weight is 950 g/mol. The van der Waals surface area contributed by atoms with E-state index in [4.69, 9.17) is 53.6 Å². The van der Waals surface area contributed by atoms with E-state index in [0.717, 1.165) is 68.0 Å². The van der Waals surface area contributed by atoms with Gasteiger partial charge in [0.25, 0.3) is 0 Å². The Morgan fingerprint density at radius 2 is 1.13 bits per heavy atom. The van der Waals surface area contributed by atoms with Gasteiger partial charge in [0.2, 0.25) is 0 Å². The third-order valence-corrected chi connectivity index (χ3v) is 13.3. The van der Waals surface area contributed by atoms with E-state index in [1.54, 1.807) is 30.2 Å². The van der Waals surface area contributed by atoms with Crippen LogP contribution in [0.15, 0.2) is 85.7 Å². The van der Waals surface area contributed by atoms with Crippen LogP contribution in [0.3, 0.4) is 0 Å². The fourth-order valence-corrected chi connectivity index (χ4v) is 9.72. The van der Waals surface area contributed by atoms with Crippen molar-refractivity contribution in [3.63, 3.8) is 0 Å². The minimum absolute atomic E-state index is 0.145. The van der Waals surface area contributed by atoms with E-state index in [9.17, 15) is 10.2 Å². The third kappa shape index (κ3) is 8.52. The Morgan fingerprint density at radius 3 is 1.67 bits per heavy atom. The summed E-state index contributed by atoms with van der Waals surface area (Å²) in [4.78, 5) is 26.1. The summed E-state index contributed by atoms with van der Waals surface area (Å²) in [5, 5.41) is 32.0. The first-order chi connectivity index (χ1) is 32.3. The molecule has 11 rings (SSSR count). The van der Waals surface area contributed by atoms with Crippen molar-refractivity contribution < 1.29 is 29.2 Å². The van der Waals surface area contributed by atoms with Crippen LogP contribution in [-0.4, -0.2) is 106 Å². The number of nitrogens with zero attached hydrogens (tertiary/aromatic N) is 8. The zero-order valence-corrected chi connectivity index (χ0v) is 38.6. The molecule has 67 heavy (non-hydrogen) atoms. The summed E-state index contributed by atoms with van der Waals surface area (Å²) >= 11 is 12.2. The molecule has 8 aromatic rings. The lowest BCUT2D eigenvalue weighted by Gasteiger charge is -2.25. The topological polar surface area (TPSA) is 241 Å². The fourth-order valence-electron chi connectivity index (χ4n) is 9.40. The van der Waals surface area contributed by atoms with E-state index >= 15 is 0 Å². The highest BCUT2D eigenvalue weighted by Gasteiger charge is 2.55. The zero-order valence-electron chi connectivity index (χ0n) is 37.0. The van der Waals surface area contributed by atoms with Crippen molar-refractivity contribution in [1.82, 2.24) is 39.0 Å². The molecule has 3 saturated heterocycles.